The summed E-state index contributed by atoms with van der Waals surface area (Å²) in [7, 11) is 4.04. The first kappa shape index (κ1) is 30.1. The largest absolute Gasteiger partial charge is 0.497 e. The second-order valence-corrected chi connectivity index (χ2v) is 9.37. The van der Waals surface area contributed by atoms with Crippen molar-refractivity contribution in [3.8, 4) is 17.2 Å². The second-order valence-electron chi connectivity index (χ2n) is 9.37. The number of hydrogen-bond donors (Lipinski definition) is 1. The summed E-state index contributed by atoms with van der Waals surface area (Å²) in [5.41, 5.74) is -3.92. The summed E-state index contributed by atoms with van der Waals surface area (Å²) in [5.74, 6) is -0.602. The van der Waals surface area contributed by atoms with Gasteiger partial charge in [-0.05, 0) is 55.9 Å². The van der Waals surface area contributed by atoms with Gasteiger partial charge in [0, 0.05) is 24.7 Å². The van der Waals surface area contributed by atoms with Gasteiger partial charge in [0.1, 0.15) is 22.8 Å². The Morgan fingerprint density at radius 2 is 1.69 bits per heavy atom. The molecule has 0 saturated carbocycles. The lowest BCUT2D eigenvalue weighted by Crippen LogP contribution is -2.57. The second kappa shape index (κ2) is 13.1. The minimum atomic E-state index is -5.20. The van der Waals surface area contributed by atoms with Crippen molar-refractivity contribution in [2.24, 2.45) is 5.92 Å². The van der Waals surface area contributed by atoms with E-state index < -0.39 is 29.2 Å². The van der Waals surface area contributed by atoms with Crippen LogP contribution in [0.25, 0.3) is 0 Å². The van der Waals surface area contributed by atoms with Crippen LogP contribution in [0.2, 0.25) is 0 Å². The zero-order valence-corrected chi connectivity index (χ0v) is 22.3. The lowest BCUT2D eigenvalue weighted by Gasteiger charge is -2.38. The topological polar surface area (TPSA) is 94.5 Å². The molecule has 0 bridgehead atoms. The van der Waals surface area contributed by atoms with E-state index in [1.54, 1.807) is 18.2 Å². The smallest absolute Gasteiger partial charge is 0.430 e. The number of unbranched alkanes of at least 4 members (excludes halogenated alkanes) is 1. The Morgan fingerprint density at radius 3 is 2.31 bits per heavy atom. The number of alkyl halides is 3. The van der Waals surface area contributed by atoms with Gasteiger partial charge in [-0.3, -0.25) is 4.79 Å². The standard InChI is InChI=1S/C28H34F3NO7/c1-36-21-9-6-8-20(17-21)27(35,28(29,30)31)26(34)32-14-12-19(13-15-32)7-4-5-16-39-22-10-11-23(25(33)38-3)24(18-22)37-2/h6,8-11,17-19,35H,4-5,7,12-16H2,1-3H3. The summed E-state index contributed by atoms with van der Waals surface area (Å²) in [6, 6.07) is 9.71. The average molecular weight is 554 g/mol. The third-order valence-corrected chi connectivity index (χ3v) is 6.96. The fourth-order valence-electron chi connectivity index (χ4n) is 4.68. The summed E-state index contributed by atoms with van der Waals surface area (Å²) in [4.78, 5) is 25.8. The number of halogens is 3. The number of nitrogens with zero attached hydrogens (tertiary/aromatic N) is 1. The number of rotatable bonds is 11. The Hall–Kier alpha value is -3.47. The van der Waals surface area contributed by atoms with E-state index in [1.807, 2.05) is 0 Å². The molecule has 1 unspecified atom stereocenters. The van der Waals surface area contributed by atoms with E-state index in [0.717, 1.165) is 36.3 Å². The molecule has 1 saturated heterocycles. The third-order valence-electron chi connectivity index (χ3n) is 6.96. The molecule has 1 atom stereocenters. The fourth-order valence-corrected chi connectivity index (χ4v) is 4.68. The van der Waals surface area contributed by atoms with Crippen LogP contribution >= 0.6 is 0 Å². The number of ether oxygens (including phenoxy) is 4. The number of aliphatic hydroxyl groups is 1. The molecule has 11 heteroatoms. The van der Waals surface area contributed by atoms with Gasteiger partial charge in [0.05, 0.1) is 27.9 Å². The van der Waals surface area contributed by atoms with E-state index >= 15 is 0 Å². The minimum Gasteiger partial charge on any atom is -0.497 e. The maximum absolute atomic E-state index is 14.0. The number of piperidine rings is 1. The first-order valence-electron chi connectivity index (χ1n) is 12.7. The molecule has 2 aromatic rings. The van der Waals surface area contributed by atoms with Crippen molar-refractivity contribution in [2.75, 3.05) is 41.0 Å². The van der Waals surface area contributed by atoms with E-state index in [0.29, 0.717) is 36.5 Å². The molecule has 8 nitrogen and oxygen atoms in total. The van der Waals surface area contributed by atoms with Gasteiger partial charge in [-0.1, -0.05) is 18.6 Å². The van der Waals surface area contributed by atoms with Crippen molar-refractivity contribution in [1.29, 1.82) is 0 Å². The molecular weight excluding hydrogens is 519 g/mol. The van der Waals surface area contributed by atoms with Crippen molar-refractivity contribution < 1.29 is 46.8 Å². The fraction of sp³-hybridized carbons (Fsp3) is 0.500. The van der Waals surface area contributed by atoms with Crippen molar-refractivity contribution >= 4 is 11.9 Å². The number of amides is 1. The summed E-state index contributed by atoms with van der Waals surface area (Å²) < 4.78 is 62.7. The molecule has 0 aromatic heterocycles. The normalized spacial score (nSPS) is 15.8. The highest BCUT2D eigenvalue weighted by atomic mass is 19.4. The number of methoxy groups -OCH3 is 3. The predicted octanol–water partition coefficient (Wildman–Crippen LogP) is 4.73. The Bertz CT molecular complexity index is 1130. The van der Waals surface area contributed by atoms with Crippen molar-refractivity contribution in [3.05, 3.63) is 53.6 Å². The van der Waals surface area contributed by atoms with Crippen molar-refractivity contribution in [3.63, 3.8) is 0 Å². The Morgan fingerprint density at radius 1 is 0.974 bits per heavy atom. The van der Waals surface area contributed by atoms with Crippen LogP contribution < -0.4 is 14.2 Å². The summed E-state index contributed by atoms with van der Waals surface area (Å²) in [6.07, 6.45) is -1.67. The maximum Gasteiger partial charge on any atom is 0.430 e. The van der Waals surface area contributed by atoms with E-state index in [-0.39, 0.29) is 24.8 Å². The van der Waals surface area contributed by atoms with Gasteiger partial charge in [-0.25, -0.2) is 4.79 Å². The predicted molar refractivity (Wildman–Crippen MR) is 136 cm³/mol. The maximum atomic E-state index is 14.0. The van der Waals surface area contributed by atoms with E-state index in [2.05, 4.69) is 0 Å². The molecule has 0 aliphatic carbocycles. The number of likely N-dealkylation sites (tertiary alicyclic amines) is 1. The van der Waals surface area contributed by atoms with Gasteiger partial charge in [0.25, 0.3) is 11.5 Å². The van der Waals surface area contributed by atoms with Crippen LogP contribution in [0, 0.1) is 5.92 Å². The molecule has 0 spiro atoms. The zero-order chi connectivity index (χ0) is 28.6. The molecule has 1 fully saturated rings. The van der Waals surface area contributed by atoms with Crippen LogP contribution in [0.1, 0.15) is 48.0 Å². The number of hydrogen-bond acceptors (Lipinski definition) is 7. The van der Waals surface area contributed by atoms with E-state index in [9.17, 15) is 27.9 Å². The lowest BCUT2D eigenvalue weighted by atomic mass is 9.87. The molecule has 1 aliphatic rings. The van der Waals surface area contributed by atoms with Gasteiger partial charge in [0.2, 0.25) is 0 Å². The Labute approximate surface area is 225 Å². The van der Waals surface area contributed by atoms with E-state index in [1.165, 1.54) is 33.5 Å². The van der Waals surface area contributed by atoms with Crippen LogP contribution in [-0.2, 0) is 15.1 Å². The van der Waals surface area contributed by atoms with Crippen LogP contribution in [-0.4, -0.2) is 69.1 Å². The molecule has 3 rings (SSSR count). The van der Waals surface area contributed by atoms with Crippen LogP contribution in [0.15, 0.2) is 42.5 Å². The van der Waals surface area contributed by atoms with Crippen molar-refractivity contribution in [1.82, 2.24) is 4.90 Å². The van der Waals surface area contributed by atoms with E-state index in [4.69, 9.17) is 18.9 Å². The van der Waals surface area contributed by atoms with Crippen LogP contribution in [0.4, 0.5) is 13.2 Å². The number of esters is 1. The van der Waals surface area contributed by atoms with Gasteiger partial charge in [0.15, 0.2) is 0 Å². The molecular formula is C28H34F3NO7. The van der Waals surface area contributed by atoms with Gasteiger partial charge >= 0.3 is 12.1 Å². The first-order valence-corrected chi connectivity index (χ1v) is 12.7. The quantitative estimate of drug-likeness (QED) is 0.318. The highest BCUT2D eigenvalue weighted by Gasteiger charge is 2.62. The number of carbonyl (C=O) groups excluding carboxylic acids is 2. The first-order chi connectivity index (χ1) is 18.5. The summed E-state index contributed by atoms with van der Waals surface area (Å²) >= 11 is 0. The minimum absolute atomic E-state index is 0.114. The highest BCUT2D eigenvalue weighted by Crippen LogP contribution is 2.42. The van der Waals surface area contributed by atoms with Gasteiger partial charge in [-0.15, -0.1) is 0 Å². The van der Waals surface area contributed by atoms with Crippen molar-refractivity contribution in [2.45, 2.75) is 43.9 Å². The Balaban J connectivity index is 1.48. The molecule has 1 N–H and O–H groups in total. The van der Waals surface area contributed by atoms with Crippen LogP contribution in [0.3, 0.4) is 0 Å². The Kier molecular flexibility index (Phi) is 10.1. The average Bonchev–Trinajstić information content (AvgIpc) is 2.95. The lowest BCUT2D eigenvalue weighted by molar-refractivity contribution is -0.262. The third kappa shape index (κ3) is 6.95. The SMILES string of the molecule is COC(=O)c1ccc(OCCCCC2CCN(C(=O)C(O)(c3cccc(OC)c3)C(F)(F)F)CC2)cc1OC. The molecule has 1 amide bonds. The number of benzene rings is 2. The van der Waals surface area contributed by atoms with Gasteiger partial charge in [-0.2, -0.15) is 13.2 Å². The molecule has 1 aliphatic heterocycles. The zero-order valence-electron chi connectivity index (χ0n) is 22.3. The molecule has 0 radical (unpaired) electrons. The highest BCUT2D eigenvalue weighted by molar-refractivity contribution is 5.92. The summed E-state index contributed by atoms with van der Waals surface area (Å²) in [5, 5.41) is 10.7. The molecule has 39 heavy (non-hydrogen) atoms. The van der Waals surface area contributed by atoms with Crippen LogP contribution in [0.5, 0.6) is 17.2 Å². The summed E-state index contributed by atoms with van der Waals surface area (Å²) in [6.45, 7) is 0.709. The van der Waals surface area contributed by atoms with Gasteiger partial charge < -0.3 is 29.0 Å². The molecule has 214 valence electrons. The molecule has 2 aromatic carbocycles. The monoisotopic (exact) mass is 553 g/mol. The molecule has 1 heterocycles. The number of carbonyl (C=O) groups is 2.